The lowest BCUT2D eigenvalue weighted by Gasteiger charge is -2.26. The van der Waals surface area contributed by atoms with Gasteiger partial charge in [0, 0.05) is 11.2 Å². The Labute approximate surface area is 161 Å². The third kappa shape index (κ3) is 5.04. The molecule has 0 bridgehead atoms. The van der Waals surface area contributed by atoms with Crippen LogP contribution in [0.5, 0.6) is 0 Å². The molecule has 0 aliphatic carbocycles. The smallest absolute Gasteiger partial charge is 0.272 e. The number of amides is 3. The zero-order valence-corrected chi connectivity index (χ0v) is 16.5. The summed E-state index contributed by atoms with van der Waals surface area (Å²) in [6.07, 6.45) is 0. The number of carbonyl (C=O) groups is 3. The number of hydrogen-bond acceptors (Lipinski definition) is 6. The van der Waals surface area contributed by atoms with Crippen LogP contribution in [0.25, 0.3) is 0 Å². The van der Waals surface area contributed by atoms with Crippen LogP contribution in [-0.4, -0.2) is 34.2 Å². The van der Waals surface area contributed by atoms with Crippen molar-refractivity contribution in [2.45, 2.75) is 33.2 Å². The van der Waals surface area contributed by atoms with Crippen LogP contribution >= 0.6 is 11.5 Å². The fourth-order valence-corrected chi connectivity index (χ4v) is 3.18. The number of rotatable bonds is 5. The number of nitrogens with zero attached hydrogens (tertiary/aromatic N) is 2. The molecule has 0 saturated carbocycles. The highest BCUT2D eigenvalue weighted by Gasteiger charge is 2.28. The molecule has 0 atom stereocenters. The fraction of sp³-hybridized carbons (Fsp3) is 0.333. The predicted molar refractivity (Wildman–Crippen MR) is 106 cm³/mol. The fourth-order valence-electron chi connectivity index (χ4n) is 2.43. The topological polar surface area (TPSA) is 131 Å². The van der Waals surface area contributed by atoms with Gasteiger partial charge in [0.2, 0.25) is 5.91 Å². The van der Waals surface area contributed by atoms with E-state index in [1.807, 2.05) is 33.8 Å². The molecule has 0 spiro atoms. The van der Waals surface area contributed by atoms with Gasteiger partial charge in [0.05, 0.1) is 5.69 Å². The molecule has 8 nitrogen and oxygen atoms in total. The van der Waals surface area contributed by atoms with Crippen molar-refractivity contribution < 1.29 is 14.4 Å². The Morgan fingerprint density at radius 3 is 2.44 bits per heavy atom. The third-order valence-corrected chi connectivity index (χ3v) is 4.38. The largest absolute Gasteiger partial charge is 0.395 e. The SMILES string of the molecule is Cc1cccc(N(CC(=O)NC(C)(C)C)C(=O)c2snc(C(N)=O)c2N)c1. The minimum absolute atomic E-state index is 0.0638. The van der Waals surface area contributed by atoms with Gasteiger partial charge in [0.25, 0.3) is 11.8 Å². The van der Waals surface area contributed by atoms with Crippen molar-refractivity contribution in [3.8, 4) is 0 Å². The molecule has 2 aromatic rings. The molecule has 0 saturated heterocycles. The van der Waals surface area contributed by atoms with Gasteiger partial charge in [0.15, 0.2) is 5.69 Å². The van der Waals surface area contributed by atoms with E-state index in [0.29, 0.717) is 5.69 Å². The summed E-state index contributed by atoms with van der Waals surface area (Å²) >= 11 is 0.781. The average Bonchev–Trinajstić information content (AvgIpc) is 2.92. The predicted octanol–water partition coefficient (Wildman–Crippen LogP) is 1.69. The van der Waals surface area contributed by atoms with E-state index in [1.54, 1.807) is 18.2 Å². The molecule has 0 unspecified atom stereocenters. The lowest BCUT2D eigenvalue weighted by atomic mass is 10.1. The Bertz CT molecular complexity index is 885. The van der Waals surface area contributed by atoms with Gasteiger partial charge in [-0.25, -0.2) is 0 Å². The molecule has 9 heteroatoms. The van der Waals surface area contributed by atoms with E-state index >= 15 is 0 Å². The van der Waals surface area contributed by atoms with Crippen LogP contribution in [0.3, 0.4) is 0 Å². The number of nitrogens with two attached hydrogens (primary N) is 2. The first-order chi connectivity index (χ1) is 12.5. The van der Waals surface area contributed by atoms with Gasteiger partial charge in [-0.2, -0.15) is 4.37 Å². The van der Waals surface area contributed by atoms with E-state index in [0.717, 1.165) is 17.1 Å². The van der Waals surface area contributed by atoms with Crippen molar-refractivity contribution in [2.24, 2.45) is 5.73 Å². The standard InChI is InChI=1S/C18H23N5O3S/c1-10-6-5-7-11(8-10)23(9-12(24)21-18(2,3)4)17(26)15-13(19)14(16(20)25)22-27-15/h5-8H,9,19H2,1-4H3,(H2,20,25)(H,21,24). The molecule has 27 heavy (non-hydrogen) atoms. The monoisotopic (exact) mass is 389 g/mol. The first kappa shape index (κ1) is 20.4. The van der Waals surface area contributed by atoms with E-state index in [-0.39, 0.29) is 28.7 Å². The van der Waals surface area contributed by atoms with Crippen LogP contribution < -0.4 is 21.7 Å². The van der Waals surface area contributed by atoms with E-state index in [9.17, 15) is 14.4 Å². The van der Waals surface area contributed by atoms with Crippen molar-refractivity contribution in [3.63, 3.8) is 0 Å². The second-order valence-corrected chi connectivity index (χ2v) is 7.94. The Kier molecular flexibility index (Phi) is 5.85. The zero-order chi connectivity index (χ0) is 20.4. The number of aryl methyl sites for hydroxylation is 1. The van der Waals surface area contributed by atoms with Gasteiger partial charge >= 0.3 is 0 Å². The lowest BCUT2D eigenvalue weighted by molar-refractivity contribution is -0.121. The zero-order valence-electron chi connectivity index (χ0n) is 15.7. The summed E-state index contributed by atoms with van der Waals surface area (Å²) < 4.78 is 3.86. The van der Waals surface area contributed by atoms with Gasteiger partial charge in [-0.3, -0.25) is 19.3 Å². The summed E-state index contributed by atoms with van der Waals surface area (Å²) in [5.41, 5.74) is 11.9. The Morgan fingerprint density at radius 2 is 1.93 bits per heavy atom. The number of benzene rings is 1. The Hall–Kier alpha value is -2.94. The molecule has 0 aliphatic heterocycles. The van der Waals surface area contributed by atoms with E-state index < -0.39 is 17.4 Å². The molecule has 3 amide bonds. The number of primary amides is 1. The summed E-state index contributed by atoms with van der Waals surface area (Å²) in [6, 6.07) is 7.18. The van der Waals surface area contributed by atoms with Gasteiger partial charge in [-0.05, 0) is 56.9 Å². The molecule has 0 radical (unpaired) electrons. The number of nitrogen functional groups attached to an aromatic ring is 1. The molecule has 1 heterocycles. The van der Waals surface area contributed by atoms with Gasteiger partial charge < -0.3 is 16.8 Å². The van der Waals surface area contributed by atoms with Gasteiger partial charge in [0.1, 0.15) is 11.4 Å². The molecule has 1 aromatic heterocycles. The van der Waals surface area contributed by atoms with Crippen molar-refractivity contribution in [1.29, 1.82) is 0 Å². The second kappa shape index (κ2) is 7.75. The number of nitrogens with one attached hydrogen (secondary N) is 1. The summed E-state index contributed by atoms with van der Waals surface area (Å²) in [7, 11) is 0. The second-order valence-electron chi connectivity index (χ2n) is 7.17. The molecule has 2 rings (SSSR count). The molecule has 0 fully saturated rings. The maximum Gasteiger partial charge on any atom is 0.272 e. The highest BCUT2D eigenvalue weighted by molar-refractivity contribution is 7.09. The Morgan fingerprint density at radius 1 is 1.26 bits per heavy atom. The molecule has 0 aliphatic rings. The maximum absolute atomic E-state index is 13.1. The van der Waals surface area contributed by atoms with E-state index in [4.69, 9.17) is 11.5 Å². The van der Waals surface area contributed by atoms with Crippen LogP contribution in [-0.2, 0) is 4.79 Å². The third-order valence-electron chi connectivity index (χ3n) is 3.53. The van der Waals surface area contributed by atoms with Gasteiger partial charge in [-0.15, -0.1) is 0 Å². The minimum Gasteiger partial charge on any atom is -0.395 e. The number of carbonyl (C=O) groups excluding carboxylic acids is 3. The van der Waals surface area contributed by atoms with Crippen molar-refractivity contribution in [1.82, 2.24) is 9.69 Å². The lowest BCUT2D eigenvalue weighted by Crippen LogP contribution is -2.47. The van der Waals surface area contributed by atoms with Crippen LogP contribution in [0.1, 0.15) is 46.5 Å². The maximum atomic E-state index is 13.1. The molecular weight excluding hydrogens is 366 g/mol. The normalized spacial score (nSPS) is 11.1. The Balaban J connectivity index is 2.41. The van der Waals surface area contributed by atoms with Crippen LogP contribution in [0.15, 0.2) is 24.3 Å². The van der Waals surface area contributed by atoms with Crippen molar-refractivity contribution >= 4 is 40.6 Å². The van der Waals surface area contributed by atoms with Crippen LogP contribution in [0.2, 0.25) is 0 Å². The van der Waals surface area contributed by atoms with Crippen LogP contribution in [0.4, 0.5) is 11.4 Å². The molecule has 144 valence electrons. The summed E-state index contributed by atoms with van der Waals surface area (Å²) in [4.78, 5) is 38.3. The summed E-state index contributed by atoms with van der Waals surface area (Å²) in [5.74, 6) is -1.65. The summed E-state index contributed by atoms with van der Waals surface area (Å²) in [6.45, 7) is 7.23. The summed E-state index contributed by atoms with van der Waals surface area (Å²) in [5, 5.41) is 2.83. The van der Waals surface area contributed by atoms with Gasteiger partial charge in [-0.1, -0.05) is 12.1 Å². The molecular formula is C18H23N5O3S. The number of aromatic nitrogens is 1. The first-order valence-corrected chi connectivity index (χ1v) is 9.01. The number of anilines is 2. The quantitative estimate of drug-likeness (QED) is 0.716. The highest BCUT2D eigenvalue weighted by Crippen LogP contribution is 2.26. The van der Waals surface area contributed by atoms with Crippen LogP contribution in [0, 0.1) is 6.92 Å². The minimum atomic E-state index is -0.810. The average molecular weight is 389 g/mol. The van der Waals surface area contributed by atoms with Crippen molar-refractivity contribution in [3.05, 3.63) is 40.4 Å². The molecule has 5 N–H and O–H groups in total. The first-order valence-electron chi connectivity index (χ1n) is 8.24. The highest BCUT2D eigenvalue weighted by atomic mass is 32.1. The van der Waals surface area contributed by atoms with E-state index in [1.165, 1.54) is 4.90 Å². The van der Waals surface area contributed by atoms with Crippen molar-refractivity contribution in [2.75, 3.05) is 17.2 Å². The number of hydrogen-bond donors (Lipinski definition) is 3. The van der Waals surface area contributed by atoms with E-state index in [2.05, 4.69) is 9.69 Å². The molecule has 1 aromatic carbocycles.